The number of halogens is 3. The average molecular weight is 538 g/mol. The zero-order valence-electron chi connectivity index (χ0n) is 11.4. The number of methoxy groups -OCH3 is 1. The fraction of sp³-hybridized carbons (Fsp3) is 0.0667. The Kier molecular flexibility index (Phi) is 6.39. The topological polar surface area (TPSA) is 50.7 Å². The van der Waals surface area contributed by atoms with Crippen molar-refractivity contribution in [3.05, 3.63) is 60.0 Å². The monoisotopic (exact) mass is 536 g/mol. The molecule has 0 heterocycles. The first-order valence-electron chi connectivity index (χ1n) is 6.13. The molecular weight excluding hydrogens is 527 g/mol. The van der Waals surface area contributed by atoms with E-state index in [1.54, 1.807) is 25.5 Å². The molecule has 0 aliphatic heterocycles. The van der Waals surface area contributed by atoms with E-state index < -0.39 is 0 Å². The number of hydrazone groups is 1. The van der Waals surface area contributed by atoms with Gasteiger partial charge in [0.25, 0.3) is 5.91 Å². The van der Waals surface area contributed by atoms with Gasteiger partial charge in [-0.25, -0.2) is 5.43 Å². The molecule has 22 heavy (non-hydrogen) atoms. The number of amides is 1. The van der Waals surface area contributed by atoms with Crippen LogP contribution in [0.5, 0.6) is 5.75 Å². The van der Waals surface area contributed by atoms with Gasteiger partial charge in [0, 0.05) is 19.2 Å². The van der Waals surface area contributed by atoms with Crippen LogP contribution >= 0.6 is 54.5 Å². The lowest BCUT2D eigenvalue weighted by Gasteiger charge is -2.07. The minimum Gasteiger partial charge on any atom is -0.495 e. The third-order valence-corrected chi connectivity index (χ3v) is 4.42. The van der Waals surface area contributed by atoms with Crippen molar-refractivity contribution in [2.45, 2.75) is 0 Å². The molecule has 1 N–H and O–H groups in total. The number of benzene rings is 2. The lowest BCUT2D eigenvalue weighted by molar-refractivity contribution is 0.0955. The largest absolute Gasteiger partial charge is 0.495 e. The van der Waals surface area contributed by atoms with Crippen LogP contribution < -0.4 is 10.2 Å². The lowest BCUT2D eigenvalue weighted by atomic mass is 10.2. The van der Waals surface area contributed by atoms with E-state index in [0.717, 1.165) is 18.1 Å². The maximum atomic E-state index is 12.0. The molecular formula is C15H11Br2IN2O2. The zero-order valence-corrected chi connectivity index (χ0v) is 16.8. The second-order valence-corrected chi connectivity index (χ2v) is 7.24. The van der Waals surface area contributed by atoms with Gasteiger partial charge in [0.1, 0.15) is 5.75 Å². The molecule has 0 unspecified atom stereocenters. The number of hydrogen-bond acceptors (Lipinski definition) is 3. The number of hydrogen-bond donors (Lipinski definition) is 1. The second kappa shape index (κ2) is 8.07. The highest BCUT2D eigenvalue weighted by atomic mass is 127. The maximum Gasteiger partial charge on any atom is 0.271 e. The third-order valence-electron chi connectivity index (χ3n) is 2.70. The Balaban J connectivity index is 2.14. The van der Waals surface area contributed by atoms with Crippen molar-refractivity contribution in [3.8, 4) is 5.75 Å². The number of ether oxygens (including phenoxy) is 1. The summed E-state index contributed by atoms with van der Waals surface area (Å²) in [6.07, 6.45) is 1.54. The van der Waals surface area contributed by atoms with Gasteiger partial charge >= 0.3 is 0 Å². The summed E-state index contributed by atoms with van der Waals surface area (Å²) in [7, 11) is 1.58. The van der Waals surface area contributed by atoms with E-state index in [4.69, 9.17) is 4.74 Å². The Hall–Kier alpha value is -0.930. The molecule has 1 amide bonds. The van der Waals surface area contributed by atoms with Crippen LogP contribution in [0.2, 0.25) is 0 Å². The molecule has 0 saturated heterocycles. The predicted octanol–water partition coefficient (Wildman–Crippen LogP) is 4.59. The Morgan fingerprint density at radius 3 is 2.77 bits per heavy atom. The van der Waals surface area contributed by atoms with Crippen LogP contribution in [0.4, 0.5) is 0 Å². The second-order valence-electron chi connectivity index (χ2n) is 4.22. The quantitative estimate of drug-likeness (QED) is 0.352. The number of carbonyl (C=O) groups excluding carboxylic acids is 1. The first-order chi connectivity index (χ1) is 10.5. The zero-order chi connectivity index (χ0) is 16.1. The fourth-order valence-electron chi connectivity index (χ4n) is 1.75. The Morgan fingerprint density at radius 1 is 1.32 bits per heavy atom. The SMILES string of the molecule is COc1c(Br)cc(Br)cc1C=NNC(=O)c1cccc(I)c1. The molecule has 0 atom stereocenters. The number of rotatable bonds is 4. The molecule has 2 aromatic rings. The molecule has 0 aliphatic rings. The van der Waals surface area contributed by atoms with Gasteiger partial charge in [-0.3, -0.25) is 4.79 Å². The van der Waals surface area contributed by atoms with Crippen LogP contribution in [-0.2, 0) is 0 Å². The molecule has 0 bridgehead atoms. The molecule has 0 radical (unpaired) electrons. The molecule has 114 valence electrons. The van der Waals surface area contributed by atoms with Crippen LogP contribution in [0.1, 0.15) is 15.9 Å². The molecule has 0 aliphatic carbocycles. The van der Waals surface area contributed by atoms with Crippen molar-refractivity contribution in [1.82, 2.24) is 5.43 Å². The summed E-state index contributed by atoms with van der Waals surface area (Å²) < 4.78 is 7.99. The predicted molar refractivity (Wildman–Crippen MR) is 103 cm³/mol. The summed E-state index contributed by atoms with van der Waals surface area (Å²) in [4.78, 5) is 12.0. The number of nitrogens with one attached hydrogen (secondary N) is 1. The molecule has 0 spiro atoms. The van der Waals surface area contributed by atoms with Crippen molar-refractivity contribution in [2.75, 3.05) is 7.11 Å². The molecule has 7 heteroatoms. The molecule has 0 saturated carbocycles. The van der Waals surface area contributed by atoms with Crippen LogP contribution in [-0.4, -0.2) is 19.2 Å². The van der Waals surface area contributed by atoms with Crippen LogP contribution in [0, 0.1) is 3.57 Å². The van der Waals surface area contributed by atoms with Gasteiger partial charge in [0.05, 0.1) is 17.8 Å². The molecule has 0 aromatic heterocycles. The molecule has 2 aromatic carbocycles. The summed E-state index contributed by atoms with van der Waals surface area (Å²) in [6, 6.07) is 11.0. The molecule has 4 nitrogen and oxygen atoms in total. The van der Waals surface area contributed by atoms with E-state index in [2.05, 4.69) is 65.0 Å². The number of nitrogens with zero attached hydrogens (tertiary/aromatic N) is 1. The third kappa shape index (κ3) is 4.53. The van der Waals surface area contributed by atoms with E-state index in [-0.39, 0.29) is 5.91 Å². The summed E-state index contributed by atoms with van der Waals surface area (Å²) in [5.41, 5.74) is 3.81. The lowest BCUT2D eigenvalue weighted by Crippen LogP contribution is -2.17. The van der Waals surface area contributed by atoms with Crippen molar-refractivity contribution in [1.29, 1.82) is 0 Å². The highest BCUT2D eigenvalue weighted by Crippen LogP contribution is 2.31. The van der Waals surface area contributed by atoms with E-state index in [9.17, 15) is 4.79 Å². The van der Waals surface area contributed by atoms with E-state index in [1.807, 2.05) is 24.3 Å². The van der Waals surface area contributed by atoms with Crippen molar-refractivity contribution in [2.24, 2.45) is 5.10 Å². The number of carbonyl (C=O) groups is 1. The van der Waals surface area contributed by atoms with Gasteiger partial charge in [-0.2, -0.15) is 5.10 Å². The average Bonchev–Trinajstić information content (AvgIpc) is 2.46. The molecule has 2 rings (SSSR count). The van der Waals surface area contributed by atoms with Crippen LogP contribution in [0.15, 0.2) is 50.4 Å². The van der Waals surface area contributed by atoms with Gasteiger partial charge in [0.2, 0.25) is 0 Å². The Morgan fingerprint density at radius 2 is 2.09 bits per heavy atom. The Bertz CT molecular complexity index is 735. The van der Waals surface area contributed by atoms with Crippen LogP contribution in [0.25, 0.3) is 0 Å². The minimum absolute atomic E-state index is 0.261. The van der Waals surface area contributed by atoms with Gasteiger partial charge in [-0.15, -0.1) is 0 Å². The van der Waals surface area contributed by atoms with E-state index >= 15 is 0 Å². The maximum absolute atomic E-state index is 12.0. The normalized spacial score (nSPS) is 10.7. The summed E-state index contributed by atoms with van der Waals surface area (Å²) in [5.74, 6) is 0.387. The minimum atomic E-state index is -0.261. The first kappa shape index (κ1) is 17.4. The highest BCUT2D eigenvalue weighted by Gasteiger charge is 2.08. The van der Waals surface area contributed by atoms with Gasteiger partial charge in [-0.1, -0.05) is 22.0 Å². The smallest absolute Gasteiger partial charge is 0.271 e. The summed E-state index contributed by atoms with van der Waals surface area (Å²) in [5, 5.41) is 3.99. The van der Waals surface area contributed by atoms with Gasteiger partial charge in [0.15, 0.2) is 0 Å². The van der Waals surface area contributed by atoms with E-state index in [1.165, 1.54) is 0 Å². The van der Waals surface area contributed by atoms with Crippen molar-refractivity contribution < 1.29 is 9.53 Å². The van der Waals surface area contributed by atoms with Crippen molar-refractivity contribution >= 4 is 66.6 Å². The molecule has 0 fully saturated rings. The Labute approximate surface area is 158 Å². The highest BCUT2D eigenvalue weighted by molar-refractivity contribution is 14.1. The fourth-order valence-corrected chi connectivity index (χ4v) is 3.71. The summed E-state index contributed by atoms with van der Waals surface area (Å²) >= 11 is 8.98. The van der Waals surface area contributed by atoms with Crippen molar-refractivity contribution in [3.63, 3.8) is 0 Å². The van der Waals surface area contributed by atoms with Gasteiger partial charge < -0.3 is 4.74 Å². The first-order valence-corrected chi connectivity index (χ1v) is 8.79. The van der Waals surface area contributed by atoms with Crippen LogP contribution in [0.3, 0.4) is 0 Å². The van der Waals surface area contributed by atoms with Gasteiger partial charge in [-0.05, 0) is 68.9 Å². The van der Waals surface area contributed by atoms with E-state index in [0.29, 0.717) is 11.3 Å². The standard InChI is InChI=1S/C15H11Br2IN2O2/c1-22-14-10(5-11(16)7-13(14)17)8-19-20-15(21)9-3-2-4-12(18)6-9/h2-8H,1H3,(H,20,21). The summed E-state index contributed by atoms with van der Waals surface area (Å²) in [6.45, 7) is 0.